The first-order valence-corrected chi connectivity index (χ1v) is 9.56. The highest BCUT2D eigenvalue weighted by atomic mass is 16.2. The lowest BCUT2D eigenvalue weighted by atomic mass is 10.0. The van der Waals surface area contributed by atoms with Gasteiger partial charge in [-0.3, -0.25) is 14.6 Å². The number of aromatic nitrogens is 4. The second kappa shape index (κ2) is 6.70. The van der Waals surface area contributed by atoms with Crippen molar-refractivity contribution in [1.29, 1.82) is 0 Å². The third-order valence-electron chi connectivity index (χ3n) is 5.06. The van der Waals surface area contributed by atoms with Crippen LogP contribution in [0.3, 0.4) is 0 Å². The maximum atomic E-state index is 13.1. The van der Waals surface area contributed by atoms with Crippen LogP contribution in [-0.4, -0.2) is 25.7 Å². The molecule has 29 heavy (non-hydrogen) atoms. The van der Waals surface area contributed by atoms with Crippen LogP contribution in [0.25, 0.3) is 16.7 Å². The van der Waals surface area contributed by atoms with E-state index in [1.807, 2.05) is 42.5 Å². The molecule has 1 saturated carbocycles. The topological polar surface area (TPSA) is 92.7 Å². The molecule has 1 aliphatic rings. The second-order valence-corrected chi connectivity index (χ2v) is 7.33. The van der Waals surface area contributed by atoms with Gasteiger partial charge in [-0.2, -0.15) is 9.78 Å². The maximum Gasteiger partial charge on any atom is 0.257 e. The molecular formula is C22H19N5O2. The highest BCUT2D eigenvalue weighted by Crippen LogP contribution is 2.40. The number of anilines is 1. The Morgan fingerprint density at radius 2 is 1.93 bits per heavy atom. The average molecular weight is 385 g/mol. The number of aromatic amines is 1. The third kappa shape index (κ3) is 3.31. The first-order valence-electron chi connectivity index (χ1n) is 9.56. The standard InChI is InChI=1S/C22H19N5O2/c1-13-11-20(28)25-22(23-13)27-19(12-18(26-27)15-9-10-15)24-21(29)17-8-4-6-14-5-2-3-7-16(14)17/h2-8,11-12,15H,9-10H2,1H3,(H,24,29)(H,23,25,28). The molecule has 7 nitrogen and oxygen atoms in total. The van der Waals surface area contributed by atoms with Crippen LogP contribution in [0.2, 0.25) is 0 Å². The number of fused-ring (bicyclic) bond motifs is 1. The van der Waals surface area contributed by atoms with E-state index < -0.39 is 0 Å². The van der Waals surface area contributed by atoms with Crippen LogP contribution < -0.4 is 10.9 Å². The van der Waals surface area contributed by atoms with Gasteiger partial charge in [-0.05, 0) is 36.6 Å². The van der Waals surface area contributed by atoms with Crippen molar-refractivity contribution in [2.75, 3.05) is 5.32 Å². The van der Waals surface area contributed by atoms with E-state index in [0.717, 1.165) is 29.3 Å². The van der Waals surface area contributed by atoms with Crippen molar-refractivity contribution >= 4 is 22.5 Å². The van der Waals surface area contributed by atoms with Crippen LogP contribution in [0.15, 0.2) is 59.4 Å². The zero-order valence-electron chi connectivity index (χ0n) is 15.8. The lowest BCUT2D eigenvalue weighted by Crippen LogP contribution is -2.19. The summed E-state index contributed by atoms with van der Waals surface area (Å²) >= 11 is 0. The molecule has 0 unspecified atom stereocenters. The number of benzene rings is 2. The summed E-state index contributed by atoms with van der Waals surface area (Å²) in [7, 11) is 0. The Labute approximate surface area is 166 Å². The Hall–Kier alpha value is -3.74. The van der Waals surface area contributed by atoms with Crippen molar-refractivity contribution in [3.63, 3.8) is 0 Å². The van der Waals surface area contributed by atoms with Crippen molar-refractivity contribution in [2.24, 2.45) is 0 Å². The Balaban J connectivity index is 1.57. The summed E-state index contributed by atoms with van der Waals surface area (Å²) in [6.07, 6.45) is 2.15. The molecule has 0 spiro atoms. The smallest absolute Gasteiger partial charge is 0.257 e. The van der Waals surface area contributed by atoms with Gasteiger partial charge in [-0.1, -0.05) is 36.4 Å². The summed E-state index contributed by atoms with van der Waals surface area (Å²) in [6, 6.07) is 16.7. The first-order chi connectivity index (χ1) is 14.1. The van der Waals surface area contributed by atoms with E-state index in [4.69, 9.17) is 0 Å². The monoisotopic (exact) mass is 385 g/mol. The quantitative estimate of drug-likeness (QED) is 0.562. The van der Waals surface area contributed by atoms with Crippen LogP contribution in [-0.2, 0) is 0 Å². The largest absolute Gasteiger partial charge is 0.306 e. The summed E-state index contributed by atoms with van der Waals surface area (Å²) in [6.45, 7) is 1.75. The van der Waals surface area contributed by atoms with Crippen molar-refractivity contribution in [1.82, 2.24) is 19.7 Å². The number of rotatable bonds is 4. The summed E-state index contributed by atoms with van der Waals surface area (Å²) < 4.78 is 1.51. The number of carbonyl (C=O) groups is 1. The van der Waals surface area contributed by atoms with Crippen LogP contribution in [0.5, 0.6) is 0 Å². The van der Waals surface area contributed by atoms with Crippen LogP contribution in [0.1, 0.15) is 40.5 Å². The lowest BCUT2D eigenvalue weighted by molar-refractivity contribution is 0.102. The lowest BCUT2D eigenvalue weighted by Gasteiger charge is -2.10. The van der Waals surface area contributed by atoms with Crippen LogP contribution in [0.4, 0.5) is 5.82 Å². The average Bonchev–Trinajstić information content (AvgIpc) is 3.47. The van der Waals surface area contributed by atoms with Crippen molar-refractivity contribution < 1.29 is 4.79 Å². The Bertz CT molecular complexity index is 1290. The number of hydrogen-bond acceptors (Lipinski definition) is 4. The molecule has 4 aromatic rings. The molecule has 1 amide bonds. The van der Waals surface area contributed by atoms with E-state index in [1.54, 1.807) is 13.0 Å². The highest BCUT2D eigenvalue weighted by Gasteiger charge is 2.28. The van der Waals surface area contributed by atoms with E-state index in [9.17, 15) is 9.59 Å². The molecule has 0 aliphatic heterocycles. The first kappa shape index (κ1) is 17.4. The van der Waals surface area contributed by atoms with E-state index in [1.165, 1.54) is 10.7 Å². The van der Waals surface area contributed by atoms with E-state index in [0.29, 0.717) is 23.0 Å². The van der Waals surface area contributed by atoms with Gasteiger partial charge in [0, 0.05) is 29.3 Å². The fourth-order valence-electron chi connectivity index (χ4n) is 3.50. The second-order valence-electron chi connectivity index (χ2n) is 7.33. The third-order valence-corrected chi connectivity index (χ3v) is 5.06. The summed E-state index contributed by atoms with van der Waals surface area (Å²) in [4.78, 5) is 32.1. The molecule has 2 heterocycles. The molecule has 1 fully saturated rings. The van der Waals surface area contributed by atoms with E-state index >= 15 is 0 Å². The molecule has 0 saturated heterocycles. The molecule has 2 N–H and O–H groups in total. The Morgan fingerprint density at radius 1 is 1.14 bits per heavy atom. The van der Waals surface area contributed by atoms with Gasteiger partial charge in [-0.15, -0.1) is 0 Å². The predicted molar refractivity (Wildman–Crippen MR) is 111 cm³/mol. The number of carbonyl (C=O) groups excluding carboxylic acids is 1. The van der Waals surface area contributed by atoms with Gasteiger partial charge in [0.15, 0.2) is 0 Å². The van der Waals surface area contributed by atoms with Crippen molar-refractivity contribution in [3.05, 3.63) is 81.9 Å². The summed E-state index contributed by atoms with van der Waals surface area (Å²) in [5, 5.41) is 9.44. The van der Waals surface area contributed by atoms with Gasteiger partial charge in [0.1, 0.15) is 5.82 Å². The number of amides is 1. The normalized spacial score (nSPS) is 13.6. The summed E-state index contributed by atoms with van der Waals surface area (Å²) in [5.74, 6) is 0.926. The SMILES string of the molecule is Cc1cc(=O)[nH]c(-n2nc(C3CC3)cc2NC(=O)c2cccc3ccccc23)n1. The number of nitrogens with zero attached hydrogens (tertiary/aromatic N) is 3. The molecule has 0 atom stereocenters. The minimum Gasteiger partial charge on any atom is -0.306 e. The van der Waals surface area contributed by atoms with Gasteiger partial charge < -0.3 is 5.32 Å². The fourth-order valence-corrected chi connectivity index (χ4v) is 3.50. The molecule has 1 aliphatic carbocycles. The van der Waals surface area contributed by atoms with Gasteiger partial charge in [0.05, 0.1) is 5.69 Å². The van der Waals surface area contributed by atoms with Crippen molar-refractivity contribution in [2.45, 2.75) is 25.7 Å². The minimum absolute atomic E-state index is 0.236. The zero-order valence-corrected chi connectivity index (χ0v) is 15.8. The molecule has 0 bridgehead atoms. The molecule has 144 valence electrons. The molecule has 5 rings (SSSR count). The van der Waals surface area contributed by atoms with Crippen LogP contribution >= 0.6 is 0 Å². The fraction of sp³-hybridized carbons (Fsp3) is 0.182. The number of H-pyrrole nitrogens is 1. The van der Waals surface area contributed by atoms with Crippen molar-refractivity contribution in [3.8, 4) is 5.95 Å². The Morgan fingerprint density at radius 3 is 2.72 bits per heavy atom. The van der Waals surface area contributed by atoms with E-state index in [2.05, 4.69) is 20.4 Å². The minimum atomic E-state index is -0.262. The Kier molecular flexibility index (Phi) is 4.01. The maximum absolute atomic E-state index is 13.1. The van der Waals surface area contributed by atoms with Gasteiger partial charge >= 0.3 is 0 Å². The molecule has 2 aromatic carbocycles. The number of aryl methyl sites for hydroxylation is 1. The number of hydrogen-bond donors (Lipinski definition) is 2. The number of nitrogens with one attached hydrogen (secondary N) is 2. The molecule has 7 heteroatoms. The molecular weight excluding hydrogens is 366 g/mol. The van der Waals surface area contributed by atoms with E-state index in [-0.39, 0.29) is 17.4 Å². The van der Waals surface area contributed by atoms with Gasteiger partial charge in [0.25, 0.3) is 11.5 Å². The van der Waals surface area contributed by atoms with Crippen LogP contribution in [0, 0.1) is 6.92 Å². The van der Waals surface area contributed by atoms with Gasteiger partial charge in [-0.25, -0.2) is 4.98 Å². The molecule has 0 radical (unpaired) electrons. The predicted octanol–water partition coefficient (Wildman–Crippen LogP) is 3.55. The molecule has 2 aromatic heterocycles. The highest BCUT2D eigenvalue weighted by molar-refractivity contribution is 6.12. The zero-order chi connectivity index (χ0) is 20.0. The summed E-state index contributed by atoms with van der Waals surface area (Å²) in [5.41, 5.74) is 1.79. The van der Waals surface area contributed by atoms with Gasteiger partial charge in [0.2, 0.25) is 5.95 Å².